The van der Waals surface area contributed by atoms with E-state index in [4.69, 9.17) is 14.2 Å². The second-order valence-electron chi connectivity index (χ2n) is 7.62. The van der Waals surface area contributed by atoms with Crippen LogP contribution in [0.3, 0.4) is 0 Å². The number of nitrogens with zero attached hydrogens (tertiary/aromatic N) is 1. The highest BCUT2D eigenvalue weighted by Crippen LogP contribution is 2.29. The van der Waals surface area contributed by atoms with E-state index in [2.05, 4.69) is 10.3 Å². The SMILES string of the molecule is COc1ccc(CC(=O)Nc2ccc(OC(c3ccccc3)c3ccccc3)nc2)cc1OC. The van der Waals surface area contributed by atoms with Crippen LogP contribution in [0, 0.1) is 0 Å². The number of carbonyl (C=O) groups excluding carboxylic acids is 1. The van der Waals surface area contributed by atoms with Crippen molar-refractivity contribution in [3.8, 4) is 17.4 Å². The molecule has 0 bridgehead atoms. The van der Waals surface area contributed by atoms with Gasteiger partial charge in [-0.1, -0.05) is 66.7 Å². The van der Waals surface area contributed by atoms with Crippen LogP contribution in [-0.2, 0) is 11.2 Å². The van der Waals surface area contributed by atoms with Crippen molar-refractivity contribution in [3.63, 3.8) is 0 Å². The first-order chi connectivity index (χ1) is 16.7. The molecule has 6 nitrogen and oxygen atoms in total. The van der Waals surface area contributed by atoms with Gasteiger partial charge >= 0.3 is 0 Å². The molecule has 6 heteroatoms. The van der Waals surface area contributed by atoms with Gasteiger partial charge in [0.2, 0.25) is 11.8 Å². The van der Waals surface area contributed by atoms with E-state index in [1.54, 1.807) is 44.7 Å². The summed E-state index contributed by atoms with van der Waals surface area (Å²) in [6, 6.07) is 29.0. The highest BCUT2D eigenvalue weighted by atomic mass is 16.5. The van der Waals surface area contributed by atoms with Gasteiger partial charge in [-0.3, -0.25) is 4.79 Å². The summed E-state index contributed by atoms with van der Waals surface area (Å²) in [5.41, 5.74) is 3.47. The number of rotatable bonds is 9. The largest absolute Gasteiger partial charge is 0.493 e. The Labute approximate surface area is 199 Å². The van der Waals surface area contributed by atoms with E-state index in [0.717, 1.165) is 16.7 Å². The van der Waals surface area contributed by atoms with Gasteiger partial charge in [-0.15, -0.1) is 0 Å². The highest BCUT2D eigenvalue weighted by Gasteiger charge is 2.16. The zero-order valence-corrected chi connectivity index (χ0v) is 19.1. The second-order valence-corrected chi connectivity index (χ2v) is 7.62. The molecule has 4 aromatic rings. The second kappa shape index (κ2) is 11.0. The van der Waals surface area contributed by atoms with E-state index in [1.165, 1.54) is 0 Å². The van der Waals surface area contributed by atoms with Crippen molar-refractivity contribution < 1.29 is 19.0 Å². The predicted octanol–water partition coefficient (Wildman–Crippen LogP) is 5.45. The van der Waals surface area contributed by atoms with Crippen LogP contribution < -0.4 is 19.5 Å². The average Bonchev–Trinajstić information content (AvgIpc) is 2.89. The lowest BCUT2D eigenvalue weighted by Gasteiger charge is -2.19. The number of nitrogens with one attached hydrogen (secondary N) is 1. The van der Waals surface area contributed by atoms with Gasteiger partial charge in [0.15, 0.2) is 17.6 Å². The molecule has 3 aromatic carbocycles. The standard InChI is InChI=1S/C28H26N2O4/c1-32-24-15-13-20(17-25(24)33-2)18-26(31)30-23-14-16-27(29-19-23)34-28(21-9-5-3-6-10-21)22-11-7-4-8-12-22/h3-17,19,28H,18H2,1-2H3,(H,30,31). The fourth-order valence-corrected chi connectivity index (χ4v) is 3.61. The van der Waals surface area contributed by atoms with Gasteiger partial charge in [0.1, 0.15) is 0 Å². The highest BCUT2D eigenvalue weighted by molar-refractivity contribution is 5.92. The molecular formula is C28H26N2O4. The molecule has 0 fully saturated rings. The molecule has 1 aromatic heterocycles. The Balaban J connectivity index is 1.43. The Morgan fingerprint density at radius 1 is 0.824 bits per heavy atom. The number of hydrogen-bond donors (Lipinski definition) is 1. The maximum Gasteiger partial charge on any atom is 0.228 e. The molecule has 0 saturated carbocycles. The van der Waals surface area contributed by atoms with Crippen LogP contribution in [0.2, 0.25) is 0 Å². The van der Waals surface area contributed by atoms with Crippen molar-refractivity contribution in [2.75, 3.05) is 19.5 Å². The normalized spacial score (nSPS) is 10.6. The number of aromatic nitrogens is 1. The van der Waals surface area contributed by atoms with Gasteiger partial charge < -0.3 is 19.5 Å². The lowest BCUT2D eigenvalue weighted by Crippen LogP contribution is -2.15. The molecule has 0 aliphatic carbocycles. The van der Waals surface area contributed by atoms with E-state index < -0.39 is 0 Å². The van der Waals surface area contributed by atoms with Crippen molar-refractivity contribution in [1.82, 2.24) is 4.98 Å². The average molecular weight is 455 g/mol. The predicted molar refractivity (Wildman–Crippen MR) is 131 cm³/mol. The molecule has 1 N–H and O–H groups in total. The third kappa shape index (κ3) is 5.72. The molecule has 0 aliphatic rings. The summed E-state index contributed by atoms with van der Waals surface area (Å²) in [5.74, 6) is 1.52. The Morgan fingerprint density at radius 2 is 1.47 bits per heavy atom. The summed E-state index contributed by atoms with van der Waals surface area (Å²) in [6.45, 7) is 0. The molecule has 0 saturated heterocycles. The summed E-state index contributed by atoms with van der Waals surface area (Å²) >= 11 is 0. The zero-order chi connectivity index (χ0) is 23.8. The summed E-state index contributed by atoms with van der Waals surface area (Å²) in [4.78, 5) is 16.9. The van der Waals surface area contributed by atoms with Crippen LogP contribution in [0.1, 0.15) is 22.8 Å². The smallest absolute Gasteiger partial charge is 0.228 e. The topological polar surface area (TPSA) is 69.7 Å². The summed E-state index contributed by atoms with van der Waals surface area (Å²) in [6.07, 6.45) is 1.50. The number of carbonyl (C=O) groups is 1. The van der Waals surface area contributed by atoms with Crippen molar-refractivity contribution in [2.24, 2.45) is 0 Å². The summed E-state index contributed by atoms with van der Waals surface area (Å²) in [5, 5.41) is 2.87. The van der Waals surface area contributed by atoms with E-state index >= 15 is 0 Å². The molecule has 0 aliphatic heterocycles. The lowest BCUT2D eigenvalue weighted by molar-refractivity contribution is -0.115. The Morgan fingerprint density at radius 3 is 2.03 bits per heavy atom. The minimum atomic E-state index is -0.291. The van der Waals surface area contributed by atoms with Gasteiger partial charge in [0.25, 0.3) is 0 Å². The molecule has 1 heterocycles. The Hall–Kier alpha value is -4.32. The Kier molecular flexibility index (Phi) is 7.40. The minimum Gasteiger partial charge on any atom is -0.493 e. The number of methoxy groups -OCH3 is 2. The maximum absolute atomic E-state index is 12.5. The number of amides is 1. The van der Waals surface area contributed by atoms with Crippen LogP contribution in [-0.4, -0.2) is 25.1 Å². The molecule has 172 valence electrons. The van der Waals surface area contributed by atoms with Crippen LogP contribution in [0.4, 0.5) is 5.69 Å². The maximum atomic E-state index is 12.5. The fraction of sp³-hybridized carbons (Fsp3) is 0.143. The van der Waals surface area contributed by atoms with E-state index in [9.17, 15) is 4.79 Å². The number of anilines is 1. The van der Waals surface area contributed by atoms with E-state index in [-0.39, 0.29) is 18.4 Å². The van der Waals surface area contributed by atoms with E-state index in [0.29, 0.717) is 23.1 Å². The first kappa shape index (κ1) is 22.9. The van der Waals surface area contributed by atoms with Gasteiger partial charge in [0.05, 0.1) is 32.5 Å². The van der Waals surface area contributed by atoms with Gasteiger partial charge in [-0.25, -0.2) is 4.98 Å². The molecular weight excluding hydrogens is 428 g/mol. The first-order valence-electron chi connectivity index (χ1n) is 10.9. The molecule has 1 amide bonds. The molecule has 34 heavy (non-hydrogen) atoms. The first-order valence-corrected chi connectivity index (χ1v) is 10.9. The molecule has 0 unspecified atom stereocenters. The zero-order valence-electron chi connectivity index (χ0n) is 19.1. The quantitative estimate of drug-likeness (QED) is 0.364. The van der Waals surface area contributed by atoms with Crippen molar-refractivity contribution >= 4 is 11.6 Å². The van der Waals surface area contributed by atoms with Gasteiger partial charge in [-0.2, -0.15) is 0 Å². The summed E-state index contributed by atoms with van der Waals surface area (Å²) in [7, 11) is 3.14. The molecule has 0 spiro atoms. The Bertz CT molecular complexity index is 1170. The lowest BCUT2D eigenvalue weighted by atomic mass is 10.0. The van der Waals surface area contributed by atoms with Crippen molar-refractivity contribution in [1.29, 1.82) is 0 Å². The number of benzene rings is 3. The van der Waals surface area contributed by atoms with Gasteiger partial charge in [-0.05, 0) is 34.9 Å². The fourth-order valence-electron chi connectivity index (χ4n) is 3.61. The van der Waals surface area contributed by atoms with Crippen LogP contribution in [0.15, 0.2) is 97.2 Å². The van der Waals surface area contributed by atoms with Gasteiger partial charge in [0, 0.05) is 6.07 Å². The third-order valence-electron chi connectivity index (χ3n) is 5.28. The minimum absolute atomic E-state index is 0.158. The molecule has 4 rings (SSSR count). The molecule has 0 atom stereocenters. The number of hydrogen-bond acceptors (Lipinski definition) is 5. The van der Waals surface area contributed by atoms with E-state index in [1.807, 2.05) is 66.7 Å². The van der Waals surface area contributed by atoms with Crippen molar-refractivity contribution in [3.05, 3.63) is 114 Å². The number of pyridine rings is 1. The molecule has 0 radical (unpaired) electrons. The number of ether oxygens (including phenoxy) is 3. The third-order valence-corrected chi connectivity index (χ3v) is 5.28. The summed E-state index contributed by atoms with van der Waals surface area (Å²) < 4.78 is 16.8. The van der Waals surface area contributed by atoms with Crippen LogP contribution in [0.5, 0.6) is 17.4 Å². The van der Waals surface area contributed by atoms with Crippen LogP contribution >= 0.6 is 0 Å². The van der Waals surface area contributed by atoms with Crippen LogP contribution in [0.25, 0.3) is 0 Å². The van der Waals surface area contributed by atoms with Crippen molar-refractivity contribution in [2.45, 2.75) is 12.5 Å². The monoisotopic (exact) mass is 454 g/mol.